The summed E-state index contributed by atoms with van der Waals surface area (Å²) in [5, 5.41) is 16.1. The molecule has 0 aliphatic heterocycles. The zero-order chi connectivity index (χ0) is 15.4. The summed E-state index contributed by atoms with van der Waals surface area (Å²) < 4.78 is 3.74. The summed E-state index contributed by atoms with van der Waals surface area (Å²) in [5.74, 6) is 0. The molecule has 114 valence electrons. The van der Waals surface area contributed by atoms with Crippen LogP contribution >= 0.6 is 0 Å². The normalized spacial score (nSPS) is 12.5. The van der Waals surface area contributed by atoms with Crippen LogP contribution < -0.4 is 5.32 Å². The molecule has 3 aromatic rings. The second-order valence-corrected chi connectivity index (χ2v) is 5.51. The van der Waals surface area contributed by atoms with Gasteiger partial charge in [-0.25, -0.2) is 4.68 Å². The lowest BCUT2D eigenvalue weighted by molar-refractivity contribution is 0.448. The van der Waals surface area contributed by atoms with Gasteiger partial charge < -0.3 is 5.32 Å². The van der Waals surface area contributed by atoms with Gasteiger partial charge in [0.05, 0.1) is 30.3 Å². The van der Waals surface area contributed by atoms with Crippen molar-refractivity contribution in [3.05, 3.63) is 60.2 Å². The largest absolute Gasteiger partial charge is 0.307 e. The lowest BCUT2D eigenvalue weighted by atomic mass is 10.3. The zero-order valence-corrected chi connectivity index (χ0v) is 12.8. The highest BCUT2D eigenvalue weighted by Gasteiger charge is 2.06. The van der Waals surface area contributed by atoms with Crippen molar-refractivity contribution < 1.29 is 0 Å². The Morgan fingerprint density at radius 2 is 2.00 bits per heavy atom. The van der Waals surface area contributed by atoms with Crippen LogP contribution in [-0.2, 0) is 13.1 Å². The van der Waals surface area contributed by atoms with E-state index in [0.29, 0.717) is 12.6 Å². The van der Waals surface area contributed by atoms with Crippen molar-refractivity contribution in [1.82, 2.24) is 30.1 Å². The molecule has 1 atom stereocenters. The van der Waals surface area contributed by atoms with Gasteiger partial charge in [-0.3, -0.25) is 4.68 Å². The van der Waals surface area contributed by atoms with Crippen molar-refractivity contribution in [3.63, 3.8) is 0 Å². The SMILES string of the molecule is Cc1cnn(C[C@@H](C)NCc2cn(-c3ccccc3)nn2)c1. The van der Waals surface area contributed by atoms with E-state index >= 15 is 0 Å². The second-order valence-electron chi connectivity index (χ2n) is 5.51. The monoisotopic (exact) mass is 296 g/mol. The van der Waals surface area contributed by atoms with Gasteiger partial charge in [-0.2, -0.15) is 5.10 Å². The Morgan fingerprint density at radius 3 is 2.73 bits per heavy atom. The molecule has 2 aromatic heterocycles. The number of para-hydroxylation sites is 1. The maximum Gasteiger partial charge on any atom is 0.0969 e. The lowest BCUT2D eigenvalue weighted by Gasteiger charge is -2.12. The summed E-state index contributed by atoms with van der Waals surface area (Å²) in [5.41, 5.74) is 3.12. The molecule has 0 radical (unpaired) electrons. The summed E-state index contributed by atoms with van der Waals surface area (Å²) in [6.07, 6.45) is 5.87. The van der Waals surface area contributed by atoms with Crippen LogP contribution in [0.2, 0.25) is 0 Å². The molecule has 6 nitrogen and oxygen atoms in total. The maximum absolute atomic E-state index is 4.30. The molecule has 0 aliphatic rings. The first-order chi connectivity index (χ1) is 10.7. The molecule has 0 bridgehead atoms. The third-order valence-electron chi connectivity index (χ3n) is 3.42. The molecule has 0 aliphatic carbocycles. The van der Waals surface area contributed by atoms with E-state index in [1.54, 1.807) is 4.68 Å². The number of nitrogens with one attached hydrogen (secondary N) is 1. The second kappa shape index (κ2) is 6.53. The molecule has 0 saturated carbocycles. The molecule has 0 unspecified atom stereocenters. The van der Waals surface area contributed by atoms with Crippen LogP contribution in [0.1, 0.15) is 18.2 Å². The molecule has 1 N–H and O–H groups in total. The Balaban J connectivity index is 1.54. The van der Waals surface area contributed by atoms with E-state index in [4.69, 9.17) is 0 Å². The van der Waals surface area contributed by atoms with E-state index in [0.717, 1.165) is 17.9 Å². The van der Waals surface area contributed by atoms with Crippen LogP contribution in [0.4, 0.5) is 0 Å². The van der Waals surface area contributed by atoms with Crippen molar-refractivity contribution in [2.24, 2.45) is 0 Å². The average Bonchev–Trinajstić information content (AvgIpc) is 3.15. The van der Waals surface area contributed by atoms with Gasteiger partial charge in [-0.05, 0) is 31.5 Å². The van der Waals surface area contributed by atoms with E-state index in [1.165, 1.54) is 5.56 Å². The standard InChI is InChI=1S/C16H20N6/c1-13-8-18-21(10-13)11-14(2)17-9-15-12-22(20-19-15)16-6-4-3-5-7-16/h3-8,10,12,14,17H,9,11H2,1-2H3/t14-/m1/s1. The molecule has 0 spiro atoms. The smallest absolute Gasteiger partial charge is 0.0969 e. The molecule has 22 heavy (non-hydrogen) atoms. The summed E-state index contributed by atoms with van der Waals surface area (Å²) in [6.45, 7) is 5.71. The van der Waals surface area contributed by atoms with Gasteiger partial charge in [0.15, 0.2) is 0 Å². The summed E-state index contributed by atoms with van der Waals surface area (Å²) in [6, 6.07) is 10.3. The molecular formula is C16H20N6. The predicted octanol–water partition coefficient (Wildman–Crippen LogP) is 1.95. The maximum atomic E-state index is 4.30. The topological polar surface area (TPSA) is 60.6 Å². The first-order valence-corrected chi connectivity index (χ1v) is 7.40. The Morgan fingerprint density at radius 1 is 1.18 bits per heavy atom. The van der Waals surface area contributed by atoms with Gasteiger partial charge in [0.2, 0.25) is 0 Å². The Kier molecular flexibility index (Phi) is 4.29. The minimum absolute atomic E-state index is 0.307. The van der Waals surface area contributed by atoms with Crippen molar-refractivity contribution in [1.29, 1.82) is 0 Å². The average molecular weight is 296 g/mol. The lowest BCUT2D eigenvalue weighted by Crippen LogP contribution is -2.30. The number of hydrogen-bond acceptors (Lipinski definition) is 4. The predicted molar refractivity (Wildman–Crippen MR) is 84.6 cm³/mol. The van der Waals surface area contributed by atoms with Gasteiger partial charge >= 0.3 is 0 Å². The van der Waals surface area contributed by atoms with Crippen LogP contribution in [0.3, 0.4) is 0 Å². The van der Waals surface area contributed by atoms with E-state index in [2.05, 4.69) is 27.7 Å². The van der Waals surface area contributed by atoms with E-state index in [-0.39, 0.29) is 0 Å². The number of aryl methyl sites for hydroxylation is 1. The van der Waals surface area contributed by atoms with Crippen molar-refractivity contribution in [3.8, 4) is 5.69 Å². The van der Waals surface area contributed by atoms with Crippen LogP contribution in [-0.4, -0.2) is 30.8 Å². The molecular weight excluding hydrogens is 276 g/mol. The summed E-state index contributed by atoms with van der Waals surface area (Å²) in [4.78, 5) is 0. The van der Waals surface area contributed by atoms with Crippen LogP contribution in [0.5, 0.6) is 0 Å². The first kappa shape index (κ1) is 14.5. The molecule has 0 saturated heterocycles. The highest BCUT2D eigenvalue weighted by atomic mass is 15.4. The fraction of sp³-hybridized carbons (Fsp3) is 0.312. The van der Waals surface area contributed by atoms with Gasteiger partial charge in [0.25, 0.3) is 0 Å². The molecule has 0 amide bonds. The fourth-order valence-corrected chi connectivity index (χ4v) is 2.28. The van der Waals surface area contributed by atoms with Crippen LogP contribution in [0.15, 0.2) is 48.9 Å². The van der Waals surface area contributed by atoms with Crippen molar-refractivity contribution in [2.75, 3.05) is 0 Å². The van der Waals surface area contributed by atoms with Crippen LogP contribution in [0, 0.1) is 6.92 Å². The number of rotatable bonds is 6. The highest BCUT2D eigenvalue weighted by molar-refractivity contribution is 5.29. The van der Waals surface area contributed by atoms with Crippen molar-refractivity contribution >= 4 is 0 Å². The Bertz CT molecular complexity index is 715. The van der Waals surface area contributed by atoms with Gasteiger partial charge in [0.1, 0.15) is 0 Å². The third-order valence-corrected chi connectivity index (χ3v) is 3.42. The Labute approximate surface area is 129 Å². The molecule has 3 rings (SSSR count). The number of nitrogens with zero attached hydrogens (tertiary/aromatic N) is 5. The van der Waals surface area contributed by atoms with Gasteiger partial charge in [-0.1, -0.05) is 23.4 Å². The summed E-state index contributed by atoms with van der Waals surface area (Å²) in [7, 11) is 0. The number of hydrogen-bond donors (Lipinski definition) is 1. The highest BCUT2D eigenvalue weighted by Crippen LogP contribution is 2.06. The fourth-order valence-electron chi connectivity index (χ4n) is 2.28. The third kappa shape index (κ3) is 3.59. The van der Waals surface area contributed by atoms with E-state index in [9.17, 15) is 0 Å². The quantitative estimate of drug-likeness (QED) is 0.755. The minimum atomic E-state index is 0.307. The number of aromatic nitrogens is 5. The molecule has 6 heteroatoms. The van der Waals surface area contributed by atoms with Crippen molar-refractivity contribution in [2.45, 2.75) is 33.0 Å². The van der Waals surface area contributed by atoms with E-state index < -0.39 is 0 Å². The summed E-state index contributed by atoms with van der Waals surface area (Å²) >= 11 is 0. The minimum Gasteiger partial charge on any atom is -0.307 e. The first-order valence-electron chi connectivity index (χ1n) is 7.40. The molecule has 0 fully saturated rings. The van der Waals surface area contributed by atoms with E-state index in [1.807, 2.05) is 60.5 Å². The zero-order valence-electron chi connectivity index (χ0n) is 12.8. The van der Waals surface area contributed by atoms with Gasteiger partial charge in [0, 0.05) is 18.8 Å². The number of benzene rings is 1. The molecule has 2 heterocycles. The molecule has 1 aromatic carbocycles. The van der Waals surface area contributed by atoms with Gasteiger partial charge in [-0.15, -0.1) is 5.10 Å². The Hall–Kier alpha value is -2.47. The van der Waals surface area contributed by atoms with Crippen LogP contribution in [0.25, 0.3) is 5.69 Å².